The van der Waals surface area contributed by atoms with Crippen molar-refractivity contribution in [3.63, 3.8) is 0 Å². The van der Waals surface area contributed by atoms with Crippen molar-refractivity contribution < 1.29 is 9.59 Å². The van der Waals surface area contributed by atoms with Gasteiger partial charge in [-0.15, -0.1) is 11.8 Å². The maximum Gasteiger partial charge on any atom is 0.251 e. The Morgan fingerprint density at radius 1 is 0.871 bits per heavy atom. The highest BCUT2D eigenvalue weighted by Gasteiger charge is 2.32. The quantitative estimate of drug-likeness (QED) is 0.573. The van der Waals surface area contributed by atoms with E-state index in [4.69, 9.17) is 0 Å². The summed E-state index contributed by atoms with van der Waals surface area (Å²) in [5.74, 6) is 0.605. The Hall–Kier alpha value is -3.05. The van der Waals surface area contributed by atoms with Crippen LogP contribution < -0.4 is 5.32 Å². The van der Waals surface area contributed by atoms with Gasteiger partial charge in [0.05, 0.1) is 5.75 Å². The van der Waals surface area contributed by atoms with Gasteiger partial charge in [-0.2, -0.15) is 0 Å². The number of hydrogen-bond donors (Lipinski definition) is 1. The number of thioether (sulfide) groups is 1. The minimum Gasteiger partial charge on any atom is -0.352 e. The van der Waals surface area contributed by atoms with Crippen LogP contribution in [0.1, 0.15) is 32.4 Å². The number of benzene rings is 3. The molecular weight excluding hydrogens is 404 g/mol. The fourth-order valence-corrected chi connectivity index (χ4v) is 4.95. The summed E-state index contributed by atoms with van der Waals surface area (Å²) in [6.07, 6.45) is 1.65. The fraction of sp³-hybridized carbons (Fsp3) is 0.231. The van der Waals surface area contributed by atoms with E-state index in [2.05, 4.69) is 29.6 Å². The average molecular weight is 431 g/mol. The lowest BCUT2D eigenvalue weighted by Gasteiger charge is -2.24. The fourth-order valence-electron chi connectivity index (χ4n) is 3.73. The van der Waals surface area contributed by atoms with E-state index < -0.39 is 0 Å². The van der Waals surface area contributed by atoms with Crippen molar-refractivity contribution in [1.82, 2.24) is 10.2 Å². The van der Waals surface area contributed by atoms with E-state index in [0.717, 1.165) is 18.4 Å². The van der Waals surface area contributed by atoms with Crippen LogP contribution in [0.15, 0.2) is 84.9 Å². The summed E-state index contributed by atoms with van der Waals surface area (Å²) in [6.45, 7) is 1.30. The van der Waals surface area contributed by atoms with Crippen LogP contribution >= 0.6 is 11.8 Å². The predicted octanol–water partition coefficient (Wildman–Crippen LogP) is 4.48. The summed E-state index contributed by atoms with van der Waals surface area (Å²) in [5, 5.41) is 2.99. The second kappa shape index (κ2) is 10.3. The molecule has 0 bridgehead atoms. The summed E-state index contributed by atoms with van der Waals surface area (Å²) in [6, 6.07) is 28.0. The van der Waals surface area contributed by atoms with Crippen molar-refractivity contribution in [3.05, 3.63) is 107 Å². The Labute approximate surface area is 187 Å². The topological polar surface area (TPSA) is 49.4 Å². The molecule has 0 spiro atoms. The van der Waals surface area contributed by atoms with Gasteiger partial charge in [0.25, 0.3) is 5.91 Å². The molecule has 0 aliphatic carbocycles. The highest BCUT2D eigenvalue weighted by molar-refractivity contribution is 8.00. The van der Waals surface area contributed by atoms with E-state index in [9.17, 15) is 9.59 Å². The Bertz CT molecular complexity index is 1010. The van der Waals surface area contributed by atoms with Gasteiger partial charge in [0.15, 0.2) is 0 Å². The lowest BCUT2D eigenvalue weighted by Crippen LogP contribution is -2.30. The molecule has 2 amide bonds. The van der Waals surface area contributed by atoms with Crippen molar-refractivity contribution >= 4 is 23.6 Å². The first-order valence-corrected chi connectivity index (χ1v) is 11.6. The molecule has 1 aliphatic heterocycles. The largest absolute Gasteiger partial charge is 0.352 e. The minimum absolute atomic E-state index is 0.00593. The van der Waals surface area contributed by atoms with Gasteiger partial charge in [-0.1, -0.05) is 72.8 Å². The molecule has 0 saturated carbocycles. The maximum absolute atomic E-state index is 12.5. The highest BCUT2D eigenvalue weighted by Crippen LogP contribution is 2.38. The molecule has 5 heteroatoms. The van der Waals surface area contributed by atoms with Gasteiger partial charge in [-0.25, -0.2) is 0 Å². The molecule has 1 fully saturated rings. The number of amides is 2. The van der Waals surface area contributed by atoms with Gasteiger partial charge in [-0.05, 0) is 41.7 Å². The van der Waals surface area contributed by atoms with Crippen molar-refractivity contribution in [2.75, 3.05) is 18.8 Å². The molecule has 31 heavy (non-hydrogen) atoms. The van der Waals surface area contributed by atoms with Crippen LogP contribution in [0.3, 0.4) is 0 Å². The van der Waals surface area contributed by atoms with Crippen molar-refractivity contribution in [2.45, 2.75) is 18.2 Å². The Morgan fingerprint density at radius 3 is 2.13 bits per heavy atom. The van der Waals surface area contributed by atoms with Gasteiger partial charge in [0, 0.05) is 18.7 Å². The van der Waals surface area contributed by atoms with E-state index in [-0.39, 0.29) is 17.2 Å². The number of nitrogens with one attached hydrogen (secondary N) is 1. The van der Waals surface area contributed by atoms with Crippen molar-refractivity contribution in [1.29, 1.82) is 0 Å². The van der Waals surface area contributed by atoms with Crippen LogP contribution in [0.25, 0.3) is 0 Å². The van der Waals surface area contributed by atoms with Crippen LogP contribution in [-0.4, -0.2) is 35.6 Å². The highest BCUT2D eigenvalue weighted by atomic mass is 32.2. The summed E-state index contributed by atoms with van der Waals surface area (Å²) in [4.78, 5) is 26.8. The Balaban J connectivity index is 1.34. The standard InChI is InChI=1S/C26H26N2O2S/c29-24-19-31-26(28(24)18-16-21-9-5-2-6-10-21)23-13-11-22(12-14-23)25(30)27-17-15-20-7-3-1-4-8-20/h1-14,26H,15-19H2,(H,27,30)/t26-/m0/s1. The van der Waals surface area contributed by atoms with Gasteiger partial charge in [0.1, 0.15) is 5.37 Å². The molecule has 1 saturated heterocycles. The molecule has 4 rings (SSSR count). The van der Waals surface area contributed by atoms with Crippen LogP contribution in [0.4, 0.5) is 0 Å². The third-order valence-electron chi connectivity index (χ3n) is 5.45. The monoisotopic (exact) mass is 430 g/mol. The van der Waals surface area contributed by atoms with E-state index in [1.54, 1.807) is 11.8 Å². The third-order valence-corrected chi connectivity index (χ3v) is 6.71. The molecule has 3 aromatic rings. The third kappa shape index (κ3) is 5.56. The first-order valence-electron chi connectivity index (χ1n) is 10.6. The molecule has 0 radical (unpaired) electrons. The smallest absolute Gasteiger partial charge is 0.251 e. The second-order valence-electron chi connectivity index (χ2n) is 7.60. The average Bonchev–Trinajstić information content (AvgIpc) is 3.19. The van der Waals surface area contributed by atoms with Crippen molar-refractivity contribution in [3.8, 4) is 0 Å². The first kappa shape index (κ1) is 21.2. The molecule has 1 heterocycles. The zero-order chi connectivity index (χ0) is 21.5. The van der Waals surface area contributed by atoms with E-state index in [1.807, 2.05) is 65.6 Å². The van der Waals surface area contributed by atoms with Crippen LogP contribution in [0.5, 0.6) is 0 Å². The molecule has 1 N–H and O–H groups in total. The second-order valence-corrected chi connectivity index (χ2v) is 8.67. The predicted molar refractivity (Wildman–Crippen MR) is 126 cm³/mol. The van der Waals surface area contributed by atoms with Crippen LogP contribution in [0.2, 0.25) is 0 Å². The van der Waals surface area contributed by atoms with E-state index >= 15 is 0 Å². The SMILES string of the molecule is O=C(NCCc1ccccc1)c1ccc([C@@H]2SCC(=O)N2CCc2ccccc2)cc1. The van der Waals surface area contributed by atoms with Gasteiger partial charge in [0.2, 0.25) is 5.91 Å². The zero-order valence-electron chi connectivity index (χ0n) is 17.4. The van der Waals surface area contributed by atoms with Gasteiger partial charge in [-0.3, -0.25) is 9.59 Å². The molecule has 1 aliphatic rings. The lowest BCUT2D eigenvalue weighted by molar-refractivity contribution is -0.128. The summed E-state index contributed by atoms with van der Waals surface area (Å²) in [7, 11) is 0. The molecule has 3 aromatic carbocycles. The Morgan fingerprint density at radius 2 is 1.48 bits per heavy atom. The Kier molecular flexibility index (Phi) is 7.05. The van der Waals surface area contributed by atoms with Crippen LogP contribution in [-0.2, 0) is 17.6 Å². The molecular formula is C26H26N2O2S. The lowest BCUT2D eigenvalue weighted by atomic mass is 10.1. The van der Waals surface area contributed by atoms with E-state index in [0.29, 0.717) is 24.4 Å². The zero-order valence-corrected chi connectivity index (χ0v) is 18.2. The number of hydrogen-bond acceptors (Lipinski definition) is 3. The first-order chi connectivity index (χ1) is 15.2. The molecule has 0 aromatic heterocycles. The minimum atomic E-state index is -0.0708. The van der Waals surface area contributed by atoms with Gasteiger partial charge < -0.3 is 10.2 Å². The van der Waals surface area contributed by atoms with Gasteiger partial charge >= 0.3 is 0 Å². The molecule has 4 nitrogen and oxygen atoms in total. The molecule has 0 unspecified atom stereocenters. The van der Waals surface area contributed by atoms with Crippen LogP contribution in [0, 0.1) is 0 Å². The summed E-state index contributed by atoms with van der Waals surface area (Å²) >= 11 is 1.65. The summed E-state index contributed by atoms with van der Waals surface area (Å²) < 4.78 is 0. The number of carbonyl (C=O) groups is 2. The van der Waals surface area contributed by atoms with E-state index in [1.165, 1.54) is 11.1 Å². The molecule has 158 valence electrons. The summed E-state index contributed by atoms with van der Waals surface area (Å²) in [5.41, 5.74) is 4.14. The molecule has 1 atom stereocenters. The maximum atomic E-state index is 12.5. The normalized spacial score (nSPS) is 15.8. The number of carbonyl (C=O) groups excluding carboxylic acids is 2. The number of rotatable bonds is 8. The number of nitrogens with zero attached hydrogens (tertiary/aromatic N) is 1. The van der Waals surface area contributed by atoms with Crippen molar-refractivity contribution in [2.24, 2.45) is 0 Å².